The molecule has 1 aromatic rings. The molecule has 8 nitrogen and oxygen atoms in total. The van der Waals surface area contributed by atoms with E-state index in [-0.39, 0.29) is 23.3 Å². The van der Waals surface area contributed by atoms with Crippen molar-refractivity contribution in [2.45, 2.75) is 49.6 Å². The number of nitrogens with one attached hydrogen (secondary N) is 3. The molecule has 1 saturated carbocycles. The number of rotatable bonds is 8. The number of hydrogen-bond donors (Lipinski definition) is 3. The van der Waals surface area contributed by atoms with Crippen molar-refractivity contribution in [3.8, 4) is 0 Å². The van der Waals surface area contributed by atoms with Crippen molar-refractivity contribution in [3.63, 3.8) is 0 Å². The fourth-order valence-corrected chi connectivity index (χ4v) is 4.69. The van der Waals surface area contributed by atoms with Gasteiger partial charge in [-0.1, -0.05) is 0 Å². The minimum Gasteiger partial charge on any atom is -0.348 e. The monoisotopic (exact) mass is 409 g/mol. The van der Waals surface area contributed by atoms with Crippen molar-refractivity contribution in [2.75, 3.05) is 32.0 Å². The first kappa shape index (κ1) is 20.8. The van der Waals surface area contributed by atoms with Crippen LogP contribution in [0.15, 0.2) is 29.2 Å². The Labute approximate surface area is 166 Å². The molecule has 1 saturated heterocycles. The van der Waals surface area contributed by atoms with Crippen molar-refractivity contribution in [3.05, 3.63) is 24.3 Å². The first-order valence-electron chi connectivity index (χ1n) is 9.80. The van der Waals surface area contributed by atoms with E-state index in [1.54, 1.807) is 19.1 Å². The Morgan fingerprint density at radius 3 is 2.36 bits per heavy atom. The van der Waals surface area contributed by atoms with Crippen molar-refractivity contribution in [2.24, 2.45) is 0 Å². The van der Waals surface area contributed by atoms with E-state index in [1.165, 1.54) is 16.4 Å². The smallest absolute Gasteiger partial charge is 0.282 e. The van der Waals surface area contributed by atoms with Gasteiger partial charge >= 0.3 is 0 Å². The molecule has 3 N–H and O–H groups in total. The second kappa shape index (κ2) is 8.59. The lowest BCUT2D eigenvalue weighted by atomic mass is 10.2. The molecule has 1 aromatic carbocycles. The average Bonchev–Trinajstić information content (AvgIpc) is 3.28. The molecular weight excluding hydrogens is 380 g/mol. The summed E-state index contributed by atoms with van der Waals surface area (Å²) in [5.74, 6) is -0.261. The first-order chi connectivity index (χ1) is 13.3. The van der Waals surface area contributed by atoms with Gasteiger partial charge in [-0.3, -0.25) is 9.59 Å². The molecule has 2 amide bonds. The van der Waals surface area contributed by atoms with Crippen LogP contribution < -0.4 is 15.5 Å². The van der Waals surface area contributed by atoms with Gasteiger partial charge in [0.25, 0.3) is 11.8 Å². The molecule has 2 fully saturated rings. The van der Waals surface area contributed by atoms with Crippen molar-refractivity contribution in [1.82, 2.24) is 9.62 Å². The molecule has 1 aliphatic carbocycles. The highest BCUT2D eigenvalue weighted by Gasteiger charge is 2.29. The Bertz CT molecular complexity index is 815. The lowest BCUT2D eigenvalue weighted by molar-refractivity contribution is -0.885. The lowest BCUT2D eigenvalue weighted by Gasteiger charge is -2.21. The normalized spacial score (nSPS) is 19.8. The maximum absolute atomic E-state index is 12.5. The van der Waals surface area contributed by atoms with E-state index < -0.39 is 16.1 Å². The molecule has 2 aliphatic rings. The number of amides is 2. The van der Waals surface area contributed by atoms with Crippen LogP contribution in [-0.2, 0) is 19.6 Å². The largest absolute Gasteiger partial charge is 0.348 e. The number of anilines is 1. The van der Waals surface area contributed by atoms with Crippen LogP contribution in [0.2, 0.25) is 0 Å². The van der Waals surface area contributed by atoms with E-state index in [1.807, 2.05) is 7.05 Å². The molecule has 0 bridgehead atoms. The zero-order valence-corrected chi connectivity index (χ0v) is 17.2. The molecule has 0 aromatic heterocycles. The number of likely N-dealkylation sites (N-methyl/N-ethyl adjacent to an activating group) is 1. The molecule has 1 heterocycles. The summed E-state index contributed by atoms with van der Waals surface area (Å²) in [4.78, 5) is 25.4. The standard InChI is InChI=1S/C19H28N4O4S/c1-14(22(2)13-18(24)20-15-5-6-15)19(25)21-16-7-9-17(10-8-16)28(26,27)23-11-3-4-12-23/h7-10,14-15H,3-6,11-13H2,1-2H3,(H,20,24)(H,21,25)/p+1/t14-/m0/s1. The lowest BCUT2D eigenvalue weighted by Crippen LogP contribution is -3.15. The van der Waals surface area contributed by atoms with Gasteiger partial charge in [0.15, 0.2) is 12.6 Å². The summed E-state index contributed by atoms with van der Waals surface area (Å²) in [6.07, 6.45) is 3.84. The highest BCUT2D eigenvalue weighted by molar-refractivity contribution is 7.89. The van der Waals surface area contributed by atoms with Crippen LogP contribution in [0.25, 0.3) is 0 Å². The van der Waals surface area contributed by atoms with Crippen molar-refractivity contribution in [1.29, 1.82) is 0 Å². The Morgan fingerprint density at radius 2 is 1.79 bits per heavy atom. The Kier molecular flexibility index (Phi) is 6.36. The maximum atomic E-state index is 12.5. The van der Waals surface area contributed by atoms with Gasteiger partial charge in [0, 0.05) is 24.8 Å². The molecule has 9 heteroatoms. The predicted molar refractivity (Wildman–Crippen MR) is 105 cm³/mol. The van der Waals surface area contributed by atoms with Crippen LogP contribution in [0.3, 0.4) is 0 Å². The topological polar surface area (TPSA) is 100 Å². The van der Waals surface area contributed by atoms with Gasteiger partial charge in [-0.15, -0.1) is 0 Å². The number of carbonyl (C=O) groups excluding carboxylic acids is 2. The van der Waals surface area contributed by atoms with Gasteiger partial charge in [-0.25, -0.2) is 8.42 Å². The summed E-state index contributed by atoms with van der Waals surface area (Å²) < 4.78 is 26.6. The fourth-order valence-electron chi connectivity index (χ4n) is 3.17. The minimum absolute atomic E-state index is 0.0453. The zero-order chi connectivity index (χ0) is 20.3. The van der Waals surface area contributed by atoms with Crippen LogP contribution in [0.5, 0.6) is 0 Å². The number of hydrogen-bond acceptors (Lipinski definition) is 4. The molecule has 2 atom stereocenters. The predicted octanol–water partition coefficient (Wildman–Crippen LogP) is -0.409. The van der Waals surface area contributed by atoms with Crippen LogP contribution >= 0.6 is 0 Å². The van der Waals surface area contributed by atoms with Gasteiger partial charge in [0.05, 0.1) is 11.9 Å². The molecule has 1 aliphatic heterocycles. The molecule has 0 spiro atoms. The average molecular weight is 410 g/mol. The van der Waals surface area contributed by atoms with Gasteiger partial charge in [0.2, 0.25) is 10.0 Å². The highest BCUT2D eigenvalue weighted by Crippen LogP contribution is 2.22. The van der Waals surface area contributed by atoms with E-state index in [2.05, 4.69) is 10.6 Å². The number of sulfonamides is 1. The van der Waals surface area contributed by atoms with Crippen LogP contribution in [0.1, 0.15) is 32.6 Å². The van der Waals surface area contributed by atoms with Gasteiger partial charge in [-0.05, 0) is 56.9 Å². The zero-order valence-electron chi connectivity index (χ0n) is 16.4. The fraction of sp³-hybridized carbons (Fsp3) is 0.579. The minimum atomic E-state index is -3.46. The summed E-state index contributed by atoms with van der Waals surface area (Å²) in [5.41, 5.74) is 0.535. The third-order valence-corrected chi connectivity index (χ3v) is 7.25. The van der Waals surface area contributed by atoms with Crippen molar-refractivity contribution < 1.29 is 22.9 Å². The second-order valence-electron chi connectivity index (χ2n) is 7.71. The van der Waals surface area contributed by atoms with E-state index in [4.69, 9.17) is 0 Å². The number of benzene rings is 1. The summed E-state index contributed by atoms with van der Waals surface area (Å²) >= 11 is 0. The summed E-state index contributed by atoms with van der Waals surface area (Å²) in [6.45, 7) is 3.11. The van der Waals surface area contributed by atoms with Gasteiger partial charge in [-0.2, -0.15) is 4.31 Å². The van der Waals surface area contributed by atoms with E-state index in [0.717, 1.165) is 30.6 Å². The molecular formula is C19H29N4O4S+. The van der Waals surface area contributed by atoms with Crippen molar-refractivity contribution >= 4 is 27.5 Å². The number of carbonyl (C=O) groups is 2. The molecule has 0 radical (unpaired) electrons. The van der Waals surface area contributed by atoms with Gasteiger partial charge in [0.1, 0.15) is 0 Å². The Balaban J connectivity index is 1.55. The SMILES string of the molecule is C[C@@H](C(=O)Nc1ccc(S(=O)(=O)N2CCCC2)cc1)[NH+](C)CC(=O)NC1CC1. The van der Waals surface area contributed by atoms with Gasteiger partial charge < -0.3 is 15.5 Å². The van der Waals surface area contributed by atoms with Crippen LogP contribution in [0, 0.1) is 0 Å². The summed E-state index contributed by atoms with van der Waals surface area (Å²) in [6, 6.07) is 6.13. The van der Waals surface area contributed by atoms with E-state index >= 15 is 0 Å². The Hall–Kier alpha value is -1.97. The third kappa shape index (κ3) is 5.09. The van der Waals surface area contributed by atoms with Crippen LogP contribution in [-0.4, -0.2) is 63.3 Å². The molecule has 1 unspecified atom stereocenters. The maximum Gasteiger partial charge on any atom is 0.282 e. The Morgan fingerprint density at radius 1 is 1.18 bits per heavy atom. The molecule has 3 rings (SSSR count). The first-order valence-corrected chi connectivity index (χ1v) is 11.2. The van der Waals surface area contributed by atoms with Crippen LogP contribution in [0.4, 0.5) is 5.69 Å². The third-order valence-electron chi connectivity index (χ3n) is 5.34. The molecule has 28 heavy (non-hydrogen) atoms. The summed E-state index contributed by atoms with van der Waals surface area (Å²) in [5, 5.41) is 5.72. The quantitative estimate of drug-likeness (QED) is 0.544. The van der Waals surface area contributed by atoms with E-state index in [9.17, 15) is 18.0 Å². The second-order valence-corrected chi connectivity index (χ2v) is 9.65. The van der Waals surface area contributed by atoms with E-state index in [0.29, 0.717) is 24.8 Å². The highest BCUT2D eigenvalue weighted by atomic mass is 32.2. The number of nitrogens with zero attached hydrogens (tertiary/aromatic N) is 1. The molecule has 154 valence electrons. The number of quaternary nitrogens is 1. The summed E-state index contributed by atoms with van der Waals surface area (Å²) in [7, 11) is -1.65.